The first-order valence-electron chi connectivity index (χ1n) is 5.73. The fourth-order valence-corrected chi connectivity index (χ4v) is 1.49. The number of anilines is 1. The molecule has 1 heterocycles. The highest BCUT2D eigenvalue weighted by atomic mass is 16.2. The molecule has 4 nitrogen and oxygen atoms in total. The van der Waals surface area contributed by atoms with Crippen LogP contribution in [-0.4, -0.2) is 15.7 Å². The second-order valence-corrected chi connectivity index (χ2v) is 5.56. The second-order valence-electron chi connectivity index (χ2n) is 5.56. The zero-order valence-corrected chi connectivity index (χ0v) is 10.4. The molecule has 0 aromatic carbocycles. The molecule has 1 fully saturated rings. The van der Waals surface area contributed by atoms with Crippen molar-refractivity contribution in [1.29, 1.82) is 0 Å². The summed E-state index contributed by atoms with van der Waals surface area (Å²) in [6, 6.07) is 1.99. The highest BCUT2D eigenvalue weighted by Gasteiger charge is 2.28. The molecule has 0 bridgehead atoms. The largest absolute Gasteiger partial charge is 0.310 e. The van der Waals surface area contributed by atoms with Crippen LogP contribution in [0.3, 0.4) is 0 Å². The van der Waals surface area contributed by atoms with E-state index in [-0.39, 0.29) is 11.3 Å². The molecule has 0 atom stereocenters. The predicted octanol–water partition coefficient (Wildman–Crippen LogP) is 2.28. The Morgan fingerprint density at radius 2 is 2.12 bits per heavy atom. The maximum absolute atomic E-state index is 11.8. The standard InChI is InChI=1S/C12H19N3O/c1-12(2,3)11(16)13-10-7-9(8-5-6-8)14-15(10)4/h7-8H,5-6H2,1-4H3,(H,13,16). The molecule has 4 heteroatoms. The molecule has 1 aliphatic carbocycles. The highest BCUT2D eigenvalue weighted by molar-refractivity contribution is 5.93. The molecule has 16 heavy (non-hydrogen) atoms. The van der Waals surface area contributed by atoms with E-state index in [1.54, 1.807) is 4.68 Å². The number of hydrogen-bond donors (Lipinski definition) is 1. The van der Waals surface area contributed by atoms with Crippen LogP contribution in [-0.2, 0) is 11.8 Å². The summed E-state index contributed by atoms with van der Waals surface area (Å²) < 4.78 is 1.75. The van der Waals surface area contributed by atoms with Gasteiger partial charge in [-0.25, -0.2) is 0 Å². The summed E-state index contributed by atoms with van der Waals surface area (Å²) in [6.07, 6.45) is 2.45. The van der Waals surface area contributed by atoms with Crippen molar-refractivity contribution >= 4 is 11.7 Å². The molecule has 0 unspecified atom stereocenters. The first-order chi connectivity index (χ1) is 7.38. The third-order valence-electron chi connectivity index (χ3n) is 2.82. The van der Waals surface area contributed by atoms with Crippen LogP contribution in [0.15, 0.2) is 6.07 Å². The number of carbonyl (C=O) groups is 1. The van der Waals surface area contributed by atoms with Gasteiger partial charge < -0.3 is 5.32 Å². The van der Waals surface area contributed by atoms with Crippen molar-refractivity contribution in [3.05, 3.63) is 11.8 Å². The summed E-state index contributed by atoms with van der Waals surface area (Å²) in [5.74, 6) is 1.44. The molecule has 1 N–H and O–H groups in total. The van der Waals surface area contributed by atoms with Crippen molar-refractivity contribution in [2.75, 3.05) is 5.32 Å². The lowest BCUT2D eigenvalue weighted by Gasteiger charge is -2.17. The van der Waals surface area contributed by atoms with E-state index in [9.17, 15) is 4.79 Å². The third-order valence-corrected chi connectivity index (χ3v) is 2.82. The van der Waals surface area contributed by atoms with Crippen LogP contribution < -0.4 is 5.32 Å². The van der Waals surface area contributed by atoms with Gasteiger partial charge in [0.15, 0.2) is 0 Å². The summed E-state index contributed by atoms with van der Waals surface area (Å²) in [4.78, 5) is 11.8. The molecule has 0 radical (unpaired) electrons. The summed E-state index contributed by atoms with van der Waals surface area (Å²) in [6.45, 7) is 5.71. The topological polar surface area (TPSA) is 46.9 Å². The Kier molecular flexibility index (Phi) is 2.52. The van der Waals surface area contributed by atoms with Crippen LogP contribution in [0.2, 0.25) is 0 Å². The van der Waals surface area contributed by atoms with E-state index in [4.69, 9.17) is 0 Å². The molecular formula is C12H19N3O. The second kappa shape index (κ2) is 3.61. The molecule has 0 aliphatic heterocycles. The van der Waals surface area contributed by atoms with Crippen LogP contribution >= 0.6 is 0 Å². The van der Waals surface area contributed by atoms with Gasteiger partial charge in [-0.1, -0.05) is 20.8 Å². The average molecular weight is 221 g/mol. The summed E-state index contributed by atoms with van der Waals surface area (Å²) >= 11 is 0. The van der Waals surface area contributed by atoms with Crippen molar-refractivity contribution < 1.29 is 4.79 Å². The fraction of sp³-hybridized carbons (Fsp3) is 0.667. The monoisotopic (exact) mass is 221 g/mol. The molecule has 1 aromatic rings. The number of carbonyl (C=O) groups excluding carboxylic acids is 1. The van der Waals surface area contributed by atoms with Crippen molar-refractivity contribution in [2.24, 2.45) is 12.5 Å². The SMILES string of the molecule is Cn1nc(C2CC2)cc1NC(=O)C(C)(C)C. The van der Waals surface area contributed by atoms with E-state index in [2.05, 4.69) is 10.4 Å². The van der Waals surface area contributed by atoms with Gasteiger partial charge in [-0.15, -0.1) is 0 Å². The predicted molar refractivity (Wildman–Crippen MR) is 63.3 cm³/mol. The van der Waals surface area contributed by atoms with E-state index in [0.717, 1.165) is 11.5 Å². The Morgan fingerprint density at radius 1 is 1.50 bits per heavy atom. The van der Waals surface area contributed by atoms with Crippen LogP contribution in [0.1, 0.15) is 45.2 Å². The third kappa shape index (κ3) is 2.26. The van der Waals surface area contributed by atoms with Crippen molar-refractivity contribution in [3.8, 4) is 0 Å². The summed E-state index contributed by atoms with van der Waals surface area (Å²) in [5, 5.41) is 7.32. The lowest BCUT2D eigenvalue weighted by Crippen LogP contribution is -2.28. The van der Waals surface area contributed by atoms with Crippen molar-refractivity contribution in [3.63, 3.8) is 0 Å². The van der Waals surface area contributed by atoms with Gasteiger partial charge in [0.1, 0.15) is 5.82 Å². The quantitative estimate of drug-likeness (QED) is 0.832. The fourth-order valence-electron chi connectivity index (χ4n) is 1.49. The van der Waals surface area contributed by atoms with Gasteiger partial charge in [0.2, 0.25) is 5.91 Å². The molecule has 1 aromatic heterocycles. The highest BCUT2D eigenvalue weighted by Crippen LogP contribution is 2.40. The summed E-state index contributed by atoms with van der Waals surface area (Å²) in [7, 11) is 1.87. The smallest absolute Gasteiger partial charge is 0.230 e. The lowest BCUT2D eigenvalue weighted by atomic mass is 9.96. The number of nitrogens with one attached hydrogen (secondary N) is 1. The first kappa shape index (κ1) is 11.2. The zero-order chi connectivity index (χ0) is 11.9. The lowest BCUT2D eigenvalue weighted by molar-refractivity contribution is -0.123. The van der Waals surface area contributed by atoms with E-state index < -0.39 is 0 Å². The number of nitrogens with zero attached hydrogens (tertiary/aromatic N) is 2. The Morgan fingerprint density at radius 3 is 2.62 bits per heavy atom. The van der Waals surface area contributed by atoms with Gasteiger partial charge in [-0.3, -0.25) is 9.48 Å². The minimum atomic E-state index is -0.371. The maximum Gasteiger partial charge on any atom is 0.230 e. The van der Waals surface area contributed by atoms with Gasteiger partial charge in [0, 0.05) is 24.4 Å². The van der Waals surface area contributed by atoms with Gasteiger partial charge in [-0.05, 0) is 12.8 Å². The van der Waals surface area contributed by atoms with E-state index >= 15 is 0 Å². The summed E-state index contributed by atoms with van der Waals surface area (Å²) in [5.41, 5.74) is 0.732. The number of aromatic nitrogens is 2. The molecule has 1 aliphatic rings. The number of hydrogen-bond acceptors (Lipinski definition) is 2. The minimum absolute atomic E-state index is 0.0258. The zero-order valence-electron chi connectivity index (χ0n) is 10.4. The van der Waals surface area contributed by atoms with Crippen molar-refractivity contribution in [2.45, 2.75) is 39.5 Å². The van der Waals surface area contributed by atoms with Crippen LogP contribution in [0, 0.1) is 5.41 Å². The number of rotatable bonds is 2. The van der Waals surface area contributed by atoms with Gasteiger partial charge in [-0.2, -0.15) is 5.10 Å². The molecule has 1 saturated carbocycles. The van der Waals surface area contributed by atoms with Gasteiger partial charge in [0.25, 0.3) is 0 Å². The van der Waals surface area contributed by atoms with E-state index in [1.807, 2.05) is 33.9 Å². The van der Waals surface area contributed by atoms with E-state index in [1.165, 1.54) is 12.8 Å². The number of aryl methyl sites for hydroxylation is 1. The molecule has 1 amide bonds. The van der Waals surface area contributed by atoms with Gasteiger partial charge >= 0.3 is 0 Å². The van der Waals surface area contributed by atoms with Crippen LogP contribution in [0.4, 0.5) is 5.82 Å². The Bertz CT molecular complexity index is 410. The molecule has 2 rings (SSSR count). The maximum atomic E-state index is 11.8. The minimum Gasteiger partial charge on any atom is -0.310 e. The van der Waals surface area contributed by atoms with Crippen LogP contribution in [0.25, 0.3) is 0 Å². The van der Waals surface area contributed by atoms with Crippen molar-refractivity contribution in [1.82, 2.24) is 9.78 Å². The first-order valence-corrected chi connectivity index (χ1v) is 5.73. The van der Waals surface area contributed by atoms with E-state index in [0.29, 0.717) is 5.92 Å². The molecule has 0 saturated heterocycles. The Labute approximate surface area is 96.0 Å². The average Bonchev–Trinajstić information content (AvgIpc) is 2.92. The normalized spacial score (nSPS) is 16.2. The Balaban J connectivity index is 2.12. The van der Waals surface area contributed by atoms with Gasteiger partial charge in [0.05, 0.1) is 5.69 Å². The number of amides is 1. The molecule has 0 spiro atoms. The molecular weight excluding hydrogens is 202 g/mol. The van der Waals surface area contributed by atoms with Crippen LogP contribution in [0.5, 0.6) is 0 Å². The molecule has 88 valence electrons. The Hall–Kier alpha value is -1.32.